The summed E-state index contributed by atoms with van der Waals surface area (Å²) in [4.78, 5) is 0.274. The highest BCUT2D eigenvalue weighted by Crippen LogP contribution is 2.23. The maximum absolute atomic E-state index is 13.3. The first kappa shape index (κ1) is 20.9. The largest absolute Gasteiger partial charge is 0.497 e. The first-order chi connectivity index (χ1) is 12.8. The van der Waals surface area contributed by atoms with Gasteiger partial charge in [0, 0.05) is 12.6 Å². The van der Waals surface area contributed by atoms with Crippen LogP contribution in [-0.2, 0) is 16.4 Å². The maximum atomic E-state index is 13.3. The summed E-state index contributed by atoms with van der Waals surface area (Å²) >= 11 is 0. The van der Waals surface area contributed by atoms with E-state index in [-0.39, 0.29) is 17.5 Å². The van der Waals surface area contributed by atoms with Gasteiger partial charge >= 0.3 is 0 Å². The van der Waals surface area contributed by atoms with Crippen molar-refractivity contribution in [2.24, 2.45) is 0 Å². The summed E-state index contributed by atoms with van der Waals surface area (Å²) in [5.41, 5.74) is 2.79. The first-order valence-electron chi connectivity index (χ1n) is 8.76. The van der Waals surface area contributed by atoms with E-state index in [0.29, 0.717) is 6.42 Å². The number of hydrogen-bond acceptors (Lipinski definition) is 3. The highest BCUT2D eigenvalue weighted by Gasteiger charge is 2.30. The van der Waals surface area contributed by atoms with Gasteiger partial charge in [-0.2, -0.15) is 4.31 Å². The van der Waals surface area contributed by atoms with E-state index < -0.39 is 10.0 Å². The van der Waals surface area contributed by atoms with Crippen LogP contribution in [0.15, 0.2) is 78.2 Å². The van der Waals surface area contributed by atoms with Crippen LogP contribution in [0.25, 0.3) is 0 Å². The van der Waals surface area contributed by atoms with Crippen molar-refractivity contribution in [3.63, 3.8) is 0 Å². The van der Waals surface area contributed by atoms with Crippen LogP contribution >= 0.6 is 0 Å². The third kappa shape index (κ3) is 5.31. The van der Waals surface area contributed by atoms with Crippen molar-refractivity contribution in [3.8, 4) is 5.75 Å². The quantitative estimate of drug-likeness (QED) is 0.602. The molecule has 0 spiro atoms. The number of aryl methyl sites for hydroxylation is 1. The third-order valence-electron chi connectivity index (χ3n) is 4.30. The van der Waals surface area contributed by atoms with Crippen LogP contribution in [-0.4, -0.2) is 32.4 Å². The number of sulfonamides is 1. The van der Waals surface area contributed by atoms with Crippen LogP contribution in [0.4, 0.5) is 0 Å². The normalized spacial score (nSPS) is 12.6. The molecule has 144 valence electrons. The van der Waals surface area contributed by atoms with Crippen LogP contribution in [0.5, 0.6) is 5.75 Å². The molecule has 0 N–H and O–H groups in total. The number of rotatable bonds is 9. The third-order valence-corrected chi connectivity index (χ3v) is 6.18. The molecule has 2 aromatic carbocycles. The fraction of sp³-hybridized carbons (Fsp3) is 0.273. The Hall–Kier alpha value is -2.37. The summed E-state index contributed by atoms with van der Waals surface area (Å²) in [6.07, 6.45) is 2.20. The van der Waals surface area contributed by atoms with E-state index in [9.17, 15) is 8.42 Å². The molecule has 0 fully saturated rings. The Bertz CT molecular complexity index is 884. The molecule has 4 nitrogen and oxygen atoms in total. The highest BCUT2D eigenvalue weighted by atomic mass is 32.2. The van der Waals surface area contributed by atoms with Crippen LogP contribution in [0, 0.1) is 6.92 Å². The van der Waals surface area contributed by atoms with E-state index in [2.05, 4.69) is 13.2 Å². The van der Waals surface area contributed by atoms with Crippen molar-refractivity contribution in [2.75, 3.05) is 13.7 Å². The molecule has 0 bridgehead atoms. The van der Waals surface area contributed by atoms with Crippen molar-refractivity contribution in [3.05, 3.63) is 84.5 Å². The van der Waals surface area contributed by atoms with E-state index >= 15 is 0 Å². The molecule has 0 amide bonds. The van der Waals surface area contributed by atoms with Gasteiger partial charge in [-0.3, -0.25) is 0 Å². The van der Waals surface area contributed by atoms with Gasteiger partial charge in [0.05, 0.1) is 12.0 Å². The average molecular weight is 386 g/mol. The maximum Gasteiger partial charge on any atom is 0.243 e. The highest BCUT2D eigenvalue weighted by molar-refractivity contribution is 7.89. The van der Waals surface area contributed by atoms with Crippen LogP contribution in [0.3, 0.4) is 0 Å². The predicted molar refractivity (Wildman–Crippen MR) is 111 cm³/mol. The van der Waals surface area contributed by atoms with Gasteiger partial charge in [-0.1, -0.05) is 48.1 Å². The predicted octanol–water partition coefficient (Wildman–Crippen LogP) is 4.37. The Morgan fingerprint density at radius 2 is 1.74 bits per heavy atom. The zero-order valence-corrected chi connectivity index (χ0v) is 17.0. The summed E-state index contributed by atoms with van der Waals surface area (Å²) in [5.74, 6) is 0.764. The van der Waals surface area contributed by atoms with Gasteiger partial charge in [0.15, 0.2) is 0 Å². The SMILES string of the molecule is C=C[C@@H](Cc1ccc(OC)cc1)N(CC(=C)C)S(=O)(=O)c1ccc(C)cc1. The molecule has 0 aliphatic carbocycles. The lowest BCUT2D eigenvalue weighted by Gasteiger charge is -2.29. The fourth-order valence-corrected chi connectivity index (χ4v) is 4.46. The molecule has 0 aromatic heterocycles. The lowest BCUT2D eigenvalue weighted by Crippen LogP contribution is -2.41. The Balaban J connectivity index is 2.37. The molecule has 2 rings (SSSR count). The molecule has 0 heterocycles. The summed E-state index contributed by atoms with van der Waals surface area (Å²) in [6.45, 7) is 11.8. The Labute approximate surface area is 162 Å². The monoisotopic (exact) mass is 385 g/mol. The lowest BCUT2D eigenvalue weighted by molar-refractivity contribution is 0.381. The standard InChI is InChI=1S/C22H27NO3S/c1-6-20(15-19-9-11-21(26-5)12-10-19)23(16-17(2)3)27(24,25)22-13-7-18(4)8-14-22/h6-14,20H,1-2,15-16H2,3-5H3/t20-/m0/s1. The van der Waals surface area contributed by atoms with E-state index in [1.165, 1.54) is 4.31 Å². The molecule has 5 heteroatoms. The zero-order valence-electron chi connectivity index (χ0n) is 16.2. The first-order valence-corrected chi connectivity index (χ1v) is 10.2. The smallest absolute Gasteiger partial charge is 0.243 e. The number of ether oxygens (including phenoxy) is 1. The Morgan fingerprint density at radius 3 is 2.22 bits per heavy atom. The second kappa shape index (κ2) is 9.02. The van der Waals surface area contributed by atoms with Crippen molar-refractivity contribution >= 4 is 10.0 Å². The minimum absolute atomic E-state index is 0.239. The van der Waals surface area contributed by atoms with Gasteiger partial charge in [0.1, 0.15) is 5.75 Å². The minimum Gasteiger partial charge on any atom is -0.497 e. The topological polar surface area (TPSA) is 46.6 Å². The van der Waals surface area contributed by atoms with E-state index in [4.69, 9.17) is 4.74 Å². The van der Waals surface area contributed by atoms with Crippen LogP contribution < -0.4 is 4.74 Å². The second-order valence-corrected chi connectivity index (χ2v) is 8.57. The van der Waals surface area contributed by atoms with Gasteiger partial charge in [0.25, 0.3) is 0 Å². The van der Waals surface area contributed by atoms with Crippen molar-refractivity contribution < 1.29 is 13.2 Å². The van der Waals surface area contributed by atoms with E-state index in [0.717, 1.165) is 22.4 Å². The van der Waals surface area contributed by atoms with E-state index in [1.54, 1.807) is 37.5 Å². The molecule has 0 unspecified atom stereocenters. The van der Waals surface area contributed by atoms with Crippen LogP contribution in [0.1, 0.15) is 18.1 Å². The number of hydrogen-bond donors (Lipinski definition) is 0. The fourth-order valence-electron chi connectivity index (χ4n) is 2.80. The average Bonchev–Trinajstić information content (AvgIpc) is 2.65. The lowest BCUT2D eigenvalue weighted by atomic mass is 10.1. The molecule has 27 heavy (non-hydrogen) atoms. The molecule has 2 aromatic rings. The molecule has 0 radical (unpaired) electrons. The van der Waals surface area contributed by atoms with Gasteiger partial charge < -0.3 is 4.74 Å². The molecular formula is C22H27NO3S. The van der Waals surface area contributed by atoms with Crippen molar-refractivity contribution in [2.45, 2.75) is 31.2 Å². The van der Waals surface area contributed by atoms with Gasteiger partial charge in [-0.25, -0.2) is 8.42 Å². The van der Waals surface area contributed by atoms with Crippen molar-refractivity contribution in [1.29, 1.82) is 0 Å². The molecule has 0 saturated carbocycles. The summed E-state index contributed by atoms with van der Waals surface area (Å²) < 4.78 is 33.2. The molecule has 1 atom stereocenters. The number of methoxy groups -OCH3 is 1. The van der Waals surface area contributed by atoms with Gasteiger partial charge in [-0.15, -0.1) is 6.58 Å². The zero-order chi connectivity index (χ0) is 20.0. The summed E-state index contributed by atoms with van der Waals surface area (Å²) in [6, 6.07) is 14.1. The summed E-state index contributed by atoms with van der Waals surface area (Å²) in [5, 5.41) is 0. The second-order valence-electron chi connectivity index (χ2n) is 6.68. The summed E-state index contributed by atoms with van der Waals surface area (Å²) in [7, 11) is -2.07. The number of nitrogens with zero attached hydrogens (tertiary/aromatic N) is 1. The minimum atomic E-state index is -3.68. The molecular weight excluding hydrogens is 358 g/mol. The van der Waals surface area contributed by atoms with Gasteiger partial charge in [-0.05, 0) is 50.1 Å². The van der Waals surface area contributed by atoms with Gasteiger partial charge in [0.2, 0.25) is 10.0 Å². The molecule has 0 aliphatic rings. The Morgan fingerprint density at radius 1 is 1.15 bits per heavy atom. The van der Waals surface area contributed by atoms with Crippen LogP contribution in [0.2, 0.25) is 0 Å². The molecule has 0 aliphatic heterocycles. The van der Waals surface area contributed by atoms with Crippen molar-refractivity contribution in [1.82, 2.24) is 4.31 Å². The van der Waals surface area contributed by atoms with E-state index in [1.807, 2.05) is 38.1 Å². The number of benzene rings is 2. The molecule has 0 saturated heterocycles. The Kier molecular flexibility index (Phi) is 6.99.